The maximum atomic E-state index is 12.2. The molecule has 0 spiro atoms. The Hall–Kier alpha value is -2.10. The second kappa shape index (κ2) is 7.20. The first-order chi connectivity index (χ1) is 11.5. The quantitative estimate of drug-likeness (QED) is 0.859. The number of morpholine rings is 1. The highest BCUT2D eigenvalue weighted by molar-refractivity contribution is 7.13. The Kier molecular flexibility index (Phi) is 5.03. The number of hydrogen-bond acceptors (Lipinski definition) is 8. The van der Waals surface area contributed by atoms with Crippen LogP contribution < -0.4 is 11.1 Å². The number of amides is 1. The number of ether oxygens (including phenoxy) is 1. The zero-order valence-electron chi connectivity index (χ0n) is 13.6. The Morgan fingerprint density at radius 2 is 2.08 bits per heavy atom. The predicted molar refractivity (Wildman–Crippen MR) is 91.8 cm³/mol. The fraction of sp³-hybridized carbons (Fsp3) is 0.467. The molecule has 1 aliphatic heterocycles. The normalized spacial score (nSPS) is 21.6. The zero-order chi connectivity index (χ0) is 17.1. The summed E-state index contributed by atoms with van der Waals surface area (Å²) in [5.74, 6) is -0.307. The second-order valence-electron chi connectivity index (χ2n) is 5.84. The van der Waals surface area contributed by atoms with E-state index in [1.807, 2.05) is 5.38 Å². The number of carbonyl (C=O) groups is 1. The third-order valence-electron chi connectivity index (χ3n) is 3.59. The summed E-state index contributed by atoms with van der Waals surface area (Å²) >= 11 is 1.38. The molecule has 0 aliphatic carbocycles. The molecule has 2 atom stereocenters. The maximum Gasteiger partial charge on any atom is 0.279 e. The van der Waals surface area contributed by atoms with Crippen molar-refractivity contribution in [2.24, 2.45) is 0 Å². The molecule has 128 valence electrons. The number of nitrogens with two attached hydrogens (primary N) is 1. The van der Waals surface area contributed by atoms with Crippen molar-refractivity contribution in [2.75, 3.05) is 24.1 Å². The van der Waals surface area contributed by atoms with Gasteiger partial charge in [0.25, 0.3) is 5.91 Å². The molecule has 1 amide bonds. The van der Waals surface area contributed by atoms with Crippen molar-refractivity contribution < 1.29 is 9.53 Å². The summed E-state index contributed by atoms with van der Waals surface area (Å²) in [5, 5.41) is 5.18. The summed E-state index contributed by atoms with van der Waals surface area (Å²) in [7, 11) is 0. The molecule has 1 aliphatic rings. The van der Waals surface area contributed by atoms with Crippen molar-refractivity contribution in [3.8, 4) is 0 Å². The lowest BCUT2D eigenvalue weighted by Crippen LogP contribution is -2.44. The number of carbonyl (C=O) groups excluding carboxylic acids is 1. The van der Waals surface area contributed by atoms with Crippen LogP contribution in [0.2, 0.25) is 0 Å². The van der Waals surface area contributed by atoms with E-state index in [-0.39, 0.29) is 23.7 Å². The SMILES string of the molecule is C[C@@H]1CN(Cc2csc(NC(=O)c3nccnc3N)n2)C[C@@H](C)O1. The minimum absolute atomic E-state index is 0.100. The first kappa shape index (κ1) is 16.7. The smallest absolute Gasteiger partial charge is 0.279 e. The molecule has 0 bridgehead atoms. The highest BCUT2D eigenvalue weighted by Crippen LogP contribution is 2.20. The molecular weight excluding hydrogens is 328 g/mol. The first-order valence-electron chi connectivity index (χ1n) is 7.71. The van der Waals surface area contributed by atoms with Gasteiger partial charge in [0.2, 0.25) is 0 Å². The molecule has 0 saturated carbocycles. The largest absolute Gasteiger partial charge is 0.382 e. The molecule has 9 heteroatoms. The van der Waals surface area contributed by atoms with Gasteiger partial charge in [0.1, 0.15) is 0 Å². The molecule has 24 heavy (non-hydrogen) atoms. The monoisotopic (exact) mass is 348 g/mol. The van der Waals surface area contributed by atoms with Crippen molar-refractivity contribution in [3.63, 3.8) is 0 Å². The summed E-state index contributed by atoms with van der Waals surface area (Å²) in [6.45, 7) is 6.62. The van der Waals surface area contributed by atoms with Crippen molar-refractivity contribution in [3.05, 3.63) is 29.2 Å². The van der Waals surface area contributed by atoms with Crippen LogP contribution in [0.25, 0.3) is 0 Å². The van der Waals surface area contributed by atoms with Gasteiger partial charge in [-0.05, 0) is 13.8 Å². The van der Waals surface area contributed by atoms with Gasteiger partial charge in [-0.1, -0.05) is 0 Å². The van der Waals surface area contributed by atoms with Crippen LogP contribution in [-0.4, -0.2) is 51.1 Å². The van der Waals surface area contributed by atoms with Crippen molar-refractivity contribution in [2.45, 2.75) is 32.6 Å². The number of aromatic nitrogens is 3. The van der Waals surface area contributed by atoms with Gasteiger partial charge >= 0.3 is 0 Å². The predicted octanol–water partition coefficient (Wildman–Crippen LogP) is 1.38. The van der Waals surface area contributed by atoms with E-state index >= 15 is 0 Å². The lowest BCUT2D eigenvalue weighted by Gasteiger charge is -2.34. The molecule has 3 N–H and O–H groups in total. The van der Waals surface area contributed by atoms with E-state index in [4.69, 9.17) is 10.5 Å². The second-order valence-corrected chi connectivity index (χ2v) is 6.70. The summed E-state index contributed by atoms with van der Waals surface area (Å²) in [6, 6.07) is 0. The van der Waals surface area contributed by atoms with E-state index in [1.54, 1.807) is 0 Å². The Balaban J connectivity index is 1.61. The summed E-state index contributed by atoms with van der Waals surface area (Å²) < 4.78 is 5.73. The number of hydrogen-bond donors (Lipinski definition) is 2. The van der Waals surface area contributed by atoms with Crippen molar-refractivity contribution >= 4 is 28.2 Å². The average molecular weight is 348 g/mol. The Labute approximate surface area is 144 Å². The highest BCUT2D eigenvalue weighted by Gasteiger charge is 2.23. The van der Waals surface area contributed by atoms with Gasteiger partial charge in [-0.2, -0.15) is 0 Å². The molecule has 3 rings (SSSR count). The maximum absolute atomic E-state index is 12.2. The summed E-state index contributed by atoms with van der Waals surface area (Å²) in [4.78, 5) is 26.7. The van der Waals surface area contributed by atoms with Crippen LogP contribution in [0.1, 0.15) is 30.0 Å². The van der Waals surface area contributed by atoms with E-state index in [9.17, 15) is 4.79 Å². The number of thiazole rings is 1. The van der Waals surface area contributed by atoms with Gasteiger partial charge in [-0.25, -0.2) is 15.0 Å². The summed E-state index contributed by atoms with van der Waals surface area (Å²) in [5.41, 5.74) is 6.68. The minimum Gasteiger partial charge on any atom is -0.382 e. The number of rotatable bonds is 4. The number of nitrogens with one attached hydrogen (secondary N) is 1. The van der Waals surface area contributed by atoms with E-state index in [0.29, 0.717) is 5.13 Å². The van der Waals surface area contributed by atoms with Crippen LogP contribution in [0.15, 0.2) is 17.8 Å². The fourth-order valence-corrected chi connectivity index (χ4v) is 3.46. The molecule has 1 saturated heterocycles. The highest BCUT2D eigenvalue weighted by atomic mass is 32.1. The Bertz CT molecular complexity index is 711. The van der Waals surface area contributed by atoms with E-state index in [0.717, 1.165) is 25.3 Å². The van der Waals surface area contributed by atoms with Gasteiger partial charge in [-0.15, -0.1) is 11.3 Å². The van der Waals surface area contributed by atoms with E-state index in [2.05, 4.69) is 39.0 Å². The minimum atomic E-state index is -0.407. The lowest BCUT2D eigenvalue weighted by atomic mass is 10.2. The topological polar surface area (TPSA) is 106 Å². The van der Waals surface area contributed by atoms with Crippen LogP contribution in [0, 0.1) is 0 Å². The van der Waals surface area contributed by atoms with Crippen molar-refractivity contribution in [1.82, 2.24) is 19.9 Å². The zero-order valence-corrected chi connectivity index (χ0v) is 14.4. The van der Waals surface area contributed by atoms with Crippen molar-refractivity contribution in [1.29, 1.82) is 0 Å². The first-order valence-corrected chi connectivity index (χ1v) is 8.59. The molecular formula is C15H20N6O2S. The molecule has 0 aromatic carbocycles. The number of nitrogen functional groups attached to an aromatic ring is 1. The molecule has 0 radical (unpaired) electrons. The van der Waals surface area contributed by atoms with Gasteiger partial charge in [0.05, 0.1) is 17.9 Å². The van der Waals surface area contributed by atoms with E-state index in [1.165, 1.54) is 23.7 Å². The molecule has 1 fully saturated rings. The van der Waals surface area contributed by atoms with Crippen LogP contribution in [0.4, 0.5) is 10.9 Å². The van der Waals surface area contributed by atoms with E-state index < -0.39 is 5.91 Å². The number of anilines is 2. The fourth-order valence-electron chi connectivity index (χ4n) is 2.76. The van der Waals surface area contributed by atoms with Crippen LogP contribution in [0.5, 0.6) is 0 Å². The van der Waals surface area contributed by atoms with Crippen LogP contribution in [-0.2, 0) is 11.3 Å². The van der Waals surface area contributed by atoms with Gasteiger partial charge in [0, 0.05) is 37.4 Å². The van der Waals surface area contributed by atoms with Gasteiger partial charge in [-0.3, -0.25) is 15.0 Å². The van der Waals surface area contributed by atoms with Gasteiger partial charge < -0.3 is 10.5 Å². The van der Waals surface area contributed by atoms with Gasteiger partial charge in [0.15, 0.2) is 16.6 Å². The standard InChI is InChI=1S/C15H20N6O2S/c1-9-5-21(6-10(2)23-9)7-11-8-24-15(19-11)20-14(22)12-13(16)18-4-3-17-12/h3-4,8-10H,5-7H2,1-2H3,(H2,16,18)(H,19,20,22)/t9-,10-/m1/s1. The molecule has 3 heterocycles. The lowest BCUT2D eigenvalue weighted by molar-refractivity contribution is -0.0707. The third kappa shape index (κ3) is 4.05. The van der Waals surface area contributed by atoms with Crippen LogP contribution in [0.3, 0.4) is 0 Å². The van der Waals surface area contributed by atoms with Crippen LogP contribution >= 0.6 is 11.3 Å². The Morgan fingerprint density at radius 1 is 1.38 bits per heavy atom. The summed E-state index contributed by atoms with van der Waals surface area (Å²) in [6.07, 6.45) is 3.30. The molecule has 2 aromatic heterocycles. The Morgan fingerprint density at radius 3 is 2.79 bits per heavy atom. The molecule has 0 unspecified atom stereocenters. The number of nitrogens with zero attached hydrogens (tertiary/aromatic N) is 4. The molecule has 2 aromatic rings. The average Bonchev–Trinajstić information content (AvgIpc) is 2.93. The molecule has 8 nitrogen and oxygen atoms in total. The third-order valence-corrected chi connectivity index (χ3v) is 4.40.